The lowest BCUT2D eigenvalue weighted by Crippen LogP contribution is -1.93. The van der Waals surface area contributed by atoms with Crippen LogP contribution in [0.5, 0.6) is 0 Å². The summed E-state index contributed by atoms with van der Waals surface area (Å²) < 4.78 is 0. The van der Waals surface area contributed by atoms with E-state index in [-0.39, 0.29) is 0 Å². The number of hydrogen-bond acceptors (Lipinski definition) is 0. The Morgan fingerprint density at radius 3 is 1.34 bits per heavy atom. The highest BCUT2D eigenvalue weighted by Gasteiger charge is 2.19. The van der Waals surface area contributed by atoms with Gasteiger partial charge in [-0.05, 0) is 141 Å². The van der Waals surface area contributed by atoms with E-state index in [2.05, 4.69) is 184 Å². The maximum Gasteiger partial charge on any atom is -0.00697 e. The van der Waals surface area contributed by atoms with Crippen LogP contribution < -0.4 is 0 Å². The molecule has 10 aromatic rings. The molecule has 0 radical (unpaired) electrons. The maximum atomic E-state index is 2.49. The van der Waals surface area contributed by atoms with E-state index >= 15 is 0 Å². The molecule has 0 aromatic heterocycles. The molecule has 0 nitrogen and oxygen atoms in total. The van der Waals surface area contributed by atoms with Gasteiger partial charge in [0.25, 0.3) is 0 Å². The average molecular weight is 635 g/mol. The normalized spacial score (nSPS) is 11.8. The topological polar surface area (TPSA) is 0 Å². The van der Waals surface area contributed by atoms with E-state index in [1.807, 2.05) is 0 Å². The van der Waals surface area contributed by atoms with Gasteiger partial charge >= 0.3 is 0 Å². The summed E-state index contributed by atoms with van der Waals surface area (Å²) in [7, 11) is 0. The molecule has 10 rings (SSSR count). The first kappa shape index (κ1) is 28.7. The highest BCUT2D eigenvalue weighted by Crippen LogP contribution is 2.46. The second kappa shape index (κ2) is 11.2. The van der Waals surface area contributed by atoms with Gasteiger partial charge in [-0.15, -0.1) is 0 Å². The fourth-order valence-electron chi connectivity index (χ4n) is 8.53. The highest BCUT2D eigenvalue weighted by molar-refractivity contribution is 6.26. The van der Waals surface area contributed by atoms with Crippen molar-refractivity contribution < 1.29 is 0 Å². The predicted molar refractivity (Wildman–Crippen MR) is 217 cm³/mol. The van der Waals surface area contributed by atoms with Gasteiger partial charge in [-0.2, -0.15) is 0 Å². The second-order valence-corrected chi connectivity index (χ2v) is 13.7. The van der Waals surface area contributed by atoms with E-state index in [9.17, 15) is 0 Å². The molecule has 0 bridgehead atoms. The first-order valence-corrected chi connectivity index (χ1v) is 17.5. The fourth-order valence-corrected chi connectivity index (χ4v) is 8.53. The molecule has 0 aliphatic heterocycles. The van der Waals surface area contributed by atoms with Gasteiger partial charge in [0.1, 0.15) is 0 Å². The van der Waals surface area contributed by atoms with Gasteiger partial charge < -0.3 is 0 Å². The summed E-state index contributed by atoms with van der Waals surface area (Å²) in [5.74, 6) is 0. The maximum absolute atomic E-state index is 2.49. The van der Waals surface area contributed by atoms with Crippen LogP contribution >= 0.6 is 0 Å². The summed E-state index contributed by atoms with van der Waals surface area (Å²) in [5, 5.41) is 15.3. The van der Waals surface area contributed by atoms with Crippen LogP contribution in [0.1, 0.15) is 11.1 Å². The van der Waals surface area contributed by atoms with E-state index in [4.69, 9.17) is 0 Å². The van der Waals surface area contributed by atoms with Crippen molar-refractivity contribution in [2.75, 3.05) is 0 Å². The van der Waals surface area contributed by atoms with Gasteiger partial charge in [-0.3, -0.25) is 0 Å². The smallest absolute Gasteiger partial charge is 0.00697 e. The van der Waals surface area contributed by atoms with Gasteiger partial charge in [-0.25, -0.2) is 0 Å². The molecule has 234 valence electrons. The van der Waals surface area contributed by atoms with Crippen molar-refractivity contribution in [2.24, 2.45) is 0 Å². The molecular weight excluding hydrogens is 601 g/mol. The molecule has 10 aromatic carbocycles. The molecule has 0 fully saturated rings. The number of rotatable bonds is 3. The van der Waals surface area contributed by atoms with Crippen LogP contribution in [-0.4, -0.2) is 0 Å². The summed E-state index contributed by atoms with van der Waals surface area (Å²) >= 11 is 0. The van der Waals surface area contributed by atoms with Gasteiger partial charge in [0, 0.05) is 0 Å². The van der Waals surface area contributed by atoms with Crippen LogP contribution in [0.2, 0.25) is 0 Å². The van der Waals surface area contributed by atoms with Crippen LogP contribution in [0.25, 0.3) is 98.0 Å². The molecule has 0 aliphatic carbocycles. The highest BCUT2D eigenvalue weighted by atomic mass is 14.2. The number of fused-ring (bicyclic) bond motifs is 8. The van der Waals surface area contributed by atoms with Crippen LogP contribution in [0.3, 0.4) is 0 Å². The molecule has 0 heteroatoms. The summed E-state index contributed by atoms with van der Waals surface area (Å²) in [4.78, 5) is 0. The van der Waals surface area contributed by atoms with Crippen LogP contribution in [-0.2, 0) is 0 Å². The van der Waals surface area contributed by atoms with Gasteiger partial charge in [0.15, 0.2) is 0 Å². The lowest BCUT2D eigenvalue weighted by Gasteiger charge is -2.20. The zero-order valence-electron chi connectivity index (χ0n) is 28.2. The van der Waals surface area contributed by atoms with E-state index < -0.39 is 0 Å². The lowest BCUT2D eigenvalue weighted by atomic mass is 9.83. The zero-order chi connectivity index (χ0) is 33.3. The van der Waals surface area contributed by atoms with Crippen LogP contribution in [0.15, 0.2) is 170 Å². The van der Waals surface area contributed by atoms with Crippen LogP contribution in [0, 0.1) is 13.8 Å². The van der Waals surface area contributed by atoms with Crippen LogP contribution in [0.4, 0.5) is 0 Å². The minimum Gasteiger partial charge on any atom is -0.0616 e. The molecule has 0 aliphatic rings. The zero-order valence-corrected chi connectivity index (χ0v) is 28.2. The van der Waals surface area contributed by atoms with Crippen molar-refractivity contribution in [3.63, 3.8) is 0 Å². The van der Waals surface area contributed by atoms with Gasteiger partial charge in [0.2, 0.25) is 0 Å². The number of benzene rings is 10. The van der Waals surface area contributed by atoms with Gasteiger partial charge in [-0.1, -0.05) is 152 Å². The minimum absolute atomic E-state index is 1.23. The predicted octanol–water partition coefficient (Wildman–Crippen LogP) is 14.2. The first-order chi connectivity index (χ1) is 24.6. The molecule has 50 heavy (non-hydrogen) atoms. The summed E-state index contributed by atoms with van der Waals surface area (Å²) in [6, 6.07) is 63.2. The molecule has 0 atom stereocenters. The van der Waals surface area contributed by atoms with E-state index in [0.29, 0.717) is 0 Å². The van der Waals surface area contributed by atoms with E-state index in [0.717, 1.165) is 0 Å². The third-order valence-corrected chi connectivity index (χ3v) is 10.9. The number of aryl methyl sites for hydroxylation is 2. The fraction of sp³-hybridized carbons (Fsp3) is 0.0400. The molecule has 0 saturated heterocycles. The largest absolute Gasteiger partial charge is 0.0616 e. The molecule has 0 amide bonds. The van der Waals surface area contributed by atoms with Crippen molar-refractivity contribution in [3.8, 4) is 33.4 Å². The summed E-state index contributed by atoms with van der Waals surface area (Å²) in [5.41, 5.74) is 10.3. The average Bonchev–Trinajstić information content (AvgIpc) is 3.17. The van der Waals surface area contributed by atoms with Crippen molar-refractivity contribution in [3.05, 3.63) is 181 Å². The van der Waals surface area contributed by atoms with Crippen molar-refractivity contribution in [1.29, 1.82) is 0 Å². The van der Waals surface area contributed by atoms with E-state index in [1.54, 1.807) is 0 Å². The standard InChI is InChI=1S/C50H34/c1-31-22-24-34-13-4-7-17-39(34)49(31)47-29-46-43-27-26-36(38-21-11-15-33-12-3-6-16-37(33)38)28-44(43)48(30-45(46)41-19-9-10-20-42(41)47)50-32(2)23-25-35-14-5-8-18-40(35)50/h3-30H,1-2H3. The summed E-state index contributed by atoms with van der Waals surface area (Å²) in [6.45, 7) is 4.51. The Labute approximate surface area is 291 Å². The molecule has 0 saturated carbocycles. The second-order valence-electron chi connectivity index (χ2n) is 13.7. The molecule has 0 unspecified atom stereocenters. The van der Waals surface area contributed by atoms with Crippen molar-refractivity contribution >= 4 is 64.6 Å². The molecule has 0 heterocycles. The SMILES string of the molecule is Cc1ccc2ccccc2c1-c1cc2c3ccc(-c4cccc5ccccc45)cc3c(-c3c(C)ccc4ccccc34)cc2c2ccccc12. The Balaban J connectivity index is 1.38. The lowest BCUT2D eigenvalue weighted by molar-refractivity contribution is 1.50. The Bertz CT molecular complexity index is 2990. The Kier molecular flexibility index (Phi) is 6.41. The monoisotopic (exact) mass is 634 g/mol. The third-order valence-electron chi connectivity index (χ3n) is 10.9. The summed E-state index contributed by atoms with van der Waals surface area (Å²) in [6.07, 6.45) is 0. The molecule has 0 N–H and O–H groups in total. The molecular formula is C50H34. The van der Waals surface area contributed by atoms with Gasteiger partial charge in [0.05, 0.1) is 0 Å². The Hall–Kier alpha value is -6.24. The quantitative estimate of drug-likeness (QED) is 0.170. The van der Waals surface area contributed by atoms with E-state index in [1.165, 1.54) is 109 Å². The molecule has 0 spiro atoms. The Morgan fingerprint density at radius 1 is 0.260 bits per heavy atom. The Morgan fingerprint density at radius 2 is 0.720 bits per heavy atom. The van der Waals surface area contributed by atoms with Crippen molar-refractivity contribution in [1.82, 2.24) is 0 Å². The number of hydrogen-bond donors (Lipinski definition) is 0. The third kappa shape index (κ3) is 4.32. The first-order valence-electron chi connectivity index (χ1n) is 17.5. The minimum atomic E-state index is 1.23. The van der Waals surface area contributed by atoms with Crippen molar-refractivity contribution in [2.45, 2.75) is 13.8 Å².